The average Bonchev–Trinajstić information content (AvgIpc) is 2.28. The van der Waals surface area contributed by atoms with Crippen molar-refractivity contribution in [1.29, 1.82) is 0 Å². The Morgan fingerprint density at radius 2 is 1.89 bits per heavy atom. The molecule has 1 saturated heterocycles. The first-order valence-electron chi connectivity index (χ1n) is 6.04. The number of rotatable bonds is 6. The molecule has 0 radical (unpaired) electrons. The molecule has 1 fully saturated rings. The van der Waals surface area contributed by atoms with Gasteiger partial charge in [-0.15, -0.1) is 0 Å². The van der Waals surface area contributed by atoms with Gasteiger partial charge < -0.3 is 5.11 Å². The first-order chi connectivity index (χ1) is 8.69. The van der Waals surface area contributed by atoms with Crippen LogP contribution in [0, 0.1) is 0 Å². The fraction of sp³-hybridized carbons (Fsp3) is 0.900. The third-order valence-corrected chi connectivity index (χ3v) is 5.15. The van der Waals surface area contributed by atoms with Crippen molar-refractivity contribution in [2.45, 2.75) is 32.1 Å². The summed E-state index contributed by atoms with van der Waals surface area (Å²) >= 11 is 0. The molecule has 1 aliphatic rings. The zero-order chi connectivity index (χ0) is 14.7. The molecule has 0 aromatic carbocycles. The van der Waals surface area contributed by atoms with Crippen molar-refractivity contribution < 1.29 is 27.1 Å². The Kier molecular flexibility index (Phi) is 5.22. The lowest BCUT2D eigenvalue weighted by atomic mass is 10.1. The maximum atomic E-state index is 13.0. The first-order valence-corrected chi connectivity index (χ1v) is 7.43. The highest BCUT2D eigenvalue weighted by atomic mass is 32.2. The van der Waals surface area contributed by atoms with Crippen LogP contribution >= 0.6 is 0 Å². The number of carbonyl (C=O) groups is 1. The second-order valence-electron chi connectivity index (χ2n) is 4.40. The molecule has 1 N–H and O–H groups in total. The number of aliphatic carboxylic acids is 1. The minimum Gasteiger partial charge on any atom is -0.481 e. The van der Waals surface area contributed by atoms with Crippen LogP contribution in [0.2, 0.25) is 0 Å². The maximum absolute atomic E-state index is 13.0. The van der Waals surface area contributed by atoms with Gasteiger partial charge in [0.05, 0.1) is 6.42 Å². The fourth-order valence-electron chi connectivity index (χ4n) is 1.86. The maximum Gasteiger partial charge on any atom is 0.304 e. The average molecular weight is 300 g/mol. The van der Waals surface area contributed by atoms with Gasteiger partial charge in [0.2, 0.25) is 0 Å². The number of carboxylic acid groups (broad SMARTS) is 1. The summed E-state index contributed by atoms with van der Waals surface area (Å²) in [5, 5.41) is 8.57. The minimum absolute atomic E-state index is 0.114. The number of nitrogens with zero attached hydrogens (tertiary/aromatic N) is 2. The van der Waals surface area contributed by atoms with Gasteiger partial charge in [-0.3, -0.25) is 4.79 Å². The fourth-order valence-corrected chi connectivity index (χ4v) is 3.48. The van der Waals surface area contributed by atoms with E-state index in [1.165, 1.54) is 0 Å². The lowest BCUT2D eigenvalue weighted by Gasteiger charge is -2.34. The van der Waals surface area contributed by atoms with Crippen LogP contribution in [0.15, 0.2) is 0 Å². The molecule has 0 bridgehead atoms. The summed E-state index contributed by atoms with van der Waals surface area (Å²) in [6, 6.07) is 0. The molecular weight excluding hydrogens is 282 g/mol. The largest absolute Gasteiger partial charge is 0.481 e. The van der Waals surface area contributed by atoms with Crippen LogP contribution < -0.4 is 0 Å². The van der Waals surface area contributed by atoms with Gasteiger partial charge in [0.25, 0.3) is 16.1 Å². The number of carboxylic acids is 1. The normalized spacial score (nSPS) is 20.6. The van der Waals surface area contributed by atoms with E-state index in [1.54, 1.807) is 6.92 Å². The summed E-state index contributed by atoms with van der Waals surface area (Å²) in [5.41, 5.74) is 0. The Morgan fingerprint density at radius 3 is 2.32 bits per heavy atom. The first kappa shape index (κ1) is 16.3. The van der Waals surface area contributed by atoms with E-state index in [4.69, 9.17) is 5.11 Å². The number of piperidine rings is 1. The van der Waals surface area contributed by atoms with E-state index >= 15 is 0 Å². The zero-order valence-electron chi connectivity index (χ0n) is 10.7. The highest BCUT2D eigenvalue weighted by Crippen LogP contribution is 2.29. The van der Waals surface area contributed by atoms with Crippen LogP contribution in [0.5, 0.6) is 0 Å². The Labute approximate surface area is 111 Å². The van der Waals surface area contributed by atoms with E-state index in [-0.39, 0.29) is 32.6 Å². The summed E-state index contributed by atoms with van der Waals surface area (Å²) in [6.45, 7) is 1.07. The van der Waals surface area contributed by atoms with Gasteiger partial charge in [0.15, 0.2) is 0 Å². The molecule has 9 heteroatoms. The second-order valence-corrected chi connectivity index (χ2v) is 6.33. The molecule has 0 aromatic rings. The third-order valence-electron chi connectivity index (χ3n) is 3.03. The van der Waals surface area contributed by atoms with Crippen molar-refractivity contribution in [3.05, 3.63) is 0 Å². The lowest BCUT2D eigenvalue weighted by Crippen LogP contribution is -2.49. The van der Waals surface area contributed by atoms with E-state index in [9.17, 15) is 22.0 Å². The predicted octanol–water partition coefficient (Wildman–Crippen LogP) is 0.759. The molecule has 0 unspecified atom stereocenters. The van der Waals surface area contributed by atoms with Crippen LogP contribution in [-0.2, 0) is 15.0 Å². The molecule has 112 valence electrons. The predicted molar refractivity (Wildman–Crippen MR) is 64.2 cm³/mol. The van der Waals surface area contributed by atoms with Crippen LogP contribution in [0.25, 0.3) is 0 Å². The Balaban J connectivity index is 2.70. The van der Waals surface area contributed by atoms with Crippen molar-refractivity contribution in [1.82, 2.24) is 8.61 Å². The van der Waals surface area contributed by atoms with Gasteiger partial charge in [0.1, 0.15) is 0 Å². The molecule has 1 heterocycles. The number of hydrogen-bond acceptors (Lipinski definition) is 3. The molecule has 1 rings (SSSR count). The van der Waals surface area contributed by atoms with E-state index in [1.807, 2.05) is 0 Å². The number of alkyl halides is 2. The van der Waals surface area contributed by atoms with Gasteiger partial charge in [-0.2, -0.15) is 17.0 Å². The summed E-state index contributed by atoms with van der Waals surface area (Å²) in [5.74, 6) is -3.91. The number of hydrogen-bond donors (Lipinski definition) is 1. The second kappa shape index (κ2) is 6.10. The van der Waals surface area contributed by atoms with E-state index in [2.05, 4.69) is 0 Å². The lowest BCUT2D eigenvalue weighted by molar-refractivity contribution is -0.137. The van der Waals surface area contributed by atoms with Crippen LogP contribution in [0.4, 0.5) is 8.78 Å². The molecule has 0 amide bonds. The SMILES string of the molecule is CCN(CCC(=O)O)S(=O)(=O)N1CCC(F)(F)CC1. The van der Waals surface area contributed by atoms with Crippen LogP contribution in [0.3, 0.4) is 0 Å². The smallest absolute Gasteiger partial charge is 0.304 e. The highest BCUT2D eigenvalue weighted by Gasteiger charge is 2.39. The Morgan fingerprint density at radius 1 is 1.37 bits per heavy atom. The van der Waals surface area contributed by atoms with E-state index in [0.717, 1.165) is 8.61 Å². The quantitative estimate of drug-likeness (QED) is 0.785. The van der Waals surface area contributed by atoms with E-state index < -0.39 is 34.9 Å². The number of halogens is 2. The van der Waals surface area contributed by atoms with Gasteiger partial charge in [-0.25, -0.2) is 8.78 Å². The van der Waals surface area contributed by atoms with Crippen molar-refractivity contribution in [3.8, 4) is 0 Å². The standard InChI is InChI=1S/C10H18F2N2O4S/c1-2-13(6-3-9(15)16)19(17,18)14-7-4-10(11,12)5-8-14/h2-8H2,1H3,(H,15,16). The van der Waals surface area contributed by atoms with Gasteiger partial charge in [-0.05, 0) is 0 Å². The minimum atomic E-state index is -3.85. The van der Waals surface area contributed by atoms with Crippen LogP contribution in [-0.4, -0.2) is 60.2 Å². The summed E-state index contributed by atoms with van der Waals surface area (Å²) in [7, 11) is -3.85. The highest BCUT2D eigenvalue weighted by molar-refractivity contribution is 7.86. The zero-order valence-corrected chi connectivity index (χ0v) is 11.5. The van der Waals surface area contributed by atoms with Crippen LogP contribution in [0.1, 0.15) is 26.2 Å². The Bertz CT molecular complexity index is 417. The van der Waals surface area contributed by atoms with Gasteiger partial charge in [-0.1, -0.05) is 6.92 Å². The van der Waals surface area contributed by atoms with Gasteiger partial charge >= 0.3 is 5.97 Å². The van der Waals surface area contributed by atoms with Gasteiger partial charge in [0, 0.05) is 39.0 Å². The molecule has 0 aliphatic carbocycles. The summed E-state index contributed by atoms with van der Waals surface area (Å²) in [4.78, 5) is 10.5. The molecule has 0 aromatic heterocycles. The van der Waals surface area contributed by atoms with E-state index in [0.29, 0.717) is 0 Å². The monoisotopic (exact) mass is 300 g/mol. The molecule has 19 heavy (non-hydrogen) atoms. The van der Waals surface area contributed by atoms with Crippen molar-refractivity contribution in [2.75, 3.05) is 26.2 Å². The Hall–Kier alpha value is -0.800. The molecular formula is C10H18F2N2O4S. The molecule has 0 atom stereocenters. The van der Waals surface area contributed by atoms with Crippen molar-refractivity contribution in [3.63, 3.8) is 0 Å². The van der Waals surface area contributed by atoms with Crippen molar-refractivity contribution >= 4 is 16.2 Å². The molecule has 6 nitrogen and oxygen atoms in total. The molecule has 1 aliphatic heterocycles. The molecule has 0 saturated carbocycles. The third kappa shape index (κ3) is 4.36. The van der Waals surface area contributed by atoms with Crippen molar-refractivity contribution in [2.24, 2.45) is 0 Å². The summed E-state index contributed by atoms with van der Waals surface area (Å²) < 4.78 is 52.3. The topological polar surface area (TPSA) is 77.9 Å². The summed E-state index contributed by atoms with van der Waals surface area (Å²) in [6.07, 6.45) is -1.30. The molecule has 0 spiro atoms.